The molecule has 5 nitrogen and oxygen atoms in total. The van der Waals surface area contributed by atoms with Crippen molar-refractivity contribution in [2.45, 2.75) is 6.42 Å². The van der Waals surface area contributed by atoms with E-state index in [4.69, 9.17) is 0 Å². The van der Waals surface area contributed by atoms with E-state index in [2.05, 4.69) is 10.3 Å². The lowest BCUT2D eigenvalue weighted by molar-refractivity contribution is -0.125. The molecule has 2 rings (SSSR count). The standard InChI is InChI=1S/C13H15N3O2/c17-12-5-8-16(9-7-15-12)13(18)4-3-11-2-1-6-14-10-11/h1-4,6,10H,5,7-9H2,(H,15,17). The summed E-state index contributed by atoms with van der Waals surface area (Å²) in [5.74, 6) is -0.0723. The van der Waals surface area contributed by atoms with Crippen LogP contribution in [0.3, 0.4) is 0 Å². The predicted molar refractivity (Wildman–Crippen MR) is 67.5 cm³/mol. The van der Waals surface area contributed by atoms with E-state index in [1.165, 1.54) is 6.08 Å². The average molecular weight is 245 g/mol. The highest BCUT2D eigenvalue weighted by molar-refractivity contribution is 5.92. The van der Waals surface area contributed by atoms with Crippen molar-refractivity contribution >= 4 is 17.9 Å². The van der Waals surface area contributed by atoms with Crippen LogP contribution in [-0.4, -0.2) is 41.3 Å². The molecule has 0 aromatic carbocycles. The van der Waals surface area contributed by atoms with Crippen molar-refractivity contribution in [3.05, 3.63) is 36.2 Å². The first-order valence-corrected chi connectivity index (χ1v) is 5.89. The maximum absolute atomic E-state index is 11.9. The van der Waals surface area contributed by atoms with Crippen LogP contribution in [0.25, 0.3) is 6.08 Å². The van der Waals surface area contributed by atoms with E-state index in [0.29, 0.717) is 26.1 Å². The highest BCUT2D eigenvalue weighted by Gasteiger charge is 2.15. The number of nitrogens with one attached hydrogen (secondary N) is 1. The summed E-state index contributed by atoms with van der Waals surface area (Å²) >= 11 is 0. The fraction of sp³-hybridized carbons (Fsp3) is 0.308. The van der Waals surface area contributed by atoms with Crippen LogP contribution in [0.4, 0.5) is 0 Å². The largest absolute Gasteiger partial charge is 0.354 e. The van der Waals surface area contributed by atoms with Crippen LogP contribution < -0.4 is 5.32 Å². The Morgan fingerprint density at radius 3 is 3.11 bits per heavy atom. The van der Waals surface area contributed by atoms with Gasteiger partial charge in [-0.2, -0.15) is 0 Å². The zero-order chi connectivity index (χ0) is 12.8. The molecule has 1 aromatic rings. The van der Waals surface area contributed by atoms with E-state index in [-0.39, 0.29) is 11.8 Å². The molecule has 0 radical (unpaired) electrons. The quantitative estimate of drug-likeness (QED) is 0.769. The first-order chi connectivity index (χ1) is 8.75. The summed E-state index contributed by atoms with van der Waals surface area (Å²) in [5, 5.41) is 2.74. The van der Waals surface area contributed by atoms with Gasteiger partial charge < -0.3 is 10.2 Å². The monoisotopic (exact) mass is 245 g/mol. The predicted octanol–water partition coefficient (Wildman–Crippen LogP) is 0.443. The number of nitrogens with zero attached hydrogens (tertiary/aromatic N) is 2. The van der Waals surface area contributed by atoms with Crippen molar-refractivity contribution < 1.29 is 9.59 Å². The van der Waals surface area contributed by atoms with Crippen molar-refractivity contribution in [1.82, 2.24) is 15.2 Å². The minimum atomic E-state index is -0.0737. The van der Waals surface area contributed by atoms with Crippen LogP contribution in [0.15, 0.2) is 30.6 Å². The Morgan fingerprint density at radius 2 is 2.33 bits per heavy atom. The third kappa shape index (κ3) is 3.41. The molecule has 2 amide bonds. The lowest BCUT2D eigenvalue weighted by atomic mass is 10.2. The van der Waals surface area contributed by atoms with E-state index in [0.717, 1.165) is 5.56 Å². The summed E-state index contributed by atoms with van der Waals surface area (Å²) < 4.78 is 0. The van der Waals surface area contributed by atoms with E-state index in [1.54, 1.807) is 23.4 Å². The summed E-state index contributed by atoms with van der Waals surface area (Å²) in [6.07, 6.45) is 7.00. The number of amides is 2. The molecular weight excluding hydrogens is 230 g/mol. The molecule has 1 fully saturated rings. The van der Waals surface area contributed by atoms with Gasteiger partial charge in [0.15, 0.2) is 0 Å². The molecule has 94 valence electrons. The molecule has 18 heavy (non-hydrogen) atoms. The maximum atomic E-state index is 11.9. The van der Waals surface area contributed by atoms with Crippen molar-refractivity contribution in [3.8, 4) is 0 Å². The molecule has 0 spiro atoms. The molecule has 0 atom stereocenters. The Balaban J connectivity index is 1.95. The van der Waals surface area contributed by atoms with Gasteiger partial charge in [0.25, 0.3) is 0 Å². The van der Waals surface area contributed by atoms with Crippen LogP contribution in [0.1, 0.15) is 12.0 Å². The summed E-state index contributed by atoms with van der Waals surface area (Å²) in [5.41, 5.74) is 0.884. The van der Waals surface area contributed by atoms with Crippen molar-refractivity contribution in [2.24, 2.45) is 0 Å². The van der Waals surface area contributed by atoms with Crippen LogP contribution in [0.2, 0.25) is 0 Å². The second-order valence-corrected chi connectivity index (χ2v) is 4.04. The molecule has 0 unspecified atom stereocenters. The summed E-state index contributed by atoms with van der Waals surface area (Å²) in [7, 11) is 0. The van der Waals surface area contributed by atoms with Crippen LogP contribution >= 0.6 is 0 Å². The van der Waals surface area contributed by atoms with Gasteiger partial charge in [-0.05, 0) is 17.7 Å². The summed E-state index contributed by atoms with van der Waals surface area (Å²) in [4.78, 5) is 28.7. The van der Waals surface area contributed by atoms with E-state index in [9.17, 15) is 9.59 Å². The van der Waals surface area contributed by atoms with Gasteiger partial charge in [0.2, 0.25) is 11.8 Å². The molecule has 2 heterocycles. The number of aromatic nitrogens is 1. The highest BCUT2D eigenvalue weighted by Crippen LogP contribution is 2.02. The van der Waals surface area contributed by atoms with Gasteiger partial charge in [-0.15, -0.1) is 0 Å². The number of rotatable bonds is 2. The fourth-order valence-electron chi connectivity index (χ4n) is 1.73. The van der Waals surface area contributed by atoms with Crippen LogP contribution in [-0.2, 0) is 9.59 Å². The number of carbonyl (C=O) groups excluding carboxylic acids is 2. The molecule has 1 aromatic heterocycles. The van der Waals surface area contributed by atoms with Gasteiger partial charge in [-0.1, -0.05) is 6.07 Å². The van der Waals surface area contributed by atoms with Gasteiger partial charge in [-0.3, -0.25) is 14.6 Å². The number of hydrogen-bond donors (Lipinski definition) is 1. The molecular formula is C13H15N3O2. The Morgan fingerprint density at radius 1 is 1.44 bits per heavy atom. The SMILES string of the molecule is O=C1CCN(C(=O)C=Cc2cccnc2)CCN1. The zero-order valence-corrected chi connectivity index (χ0v) is 10.0. The second-order valence-electron chi connectivity index (χ2n) is 4.04. The Hall–Kier alpha value is -2.17. The number of carbonyl (C=O) groups is 2. The summed E-state index contributed by atoms with van der Waals surface area (Å²) in [6.45, 7) is 1.55. The molecule has 0 bridgehead atoms. The van der Waals surface area contributed by atoms with Crippen LogP contribution in [0.5, 0.6) is 0 Å². The first kappa shape index (κ1) is 12.3. The Bertz CT molecular complexity index is 457. The topological polar surface area (TPSA) is 62.3 Å². The first-order valence-electron chi connectivity index (χ1n) is 5.89. The molecule has 1 aliphatic rings. The van der Waals surface area contributed by atoms with E-state index >= 15 is 0 Å². The minimum absolute atomic E-state index is 0.00142. The lowest BCUT2D eigenvalue weighted by Gasteiger charge is -2.17. The van der Waals surface area contributed by atoms with Crippen molar-refractivity contribution in [2.75, 3.05) is 19.6 Å². The number of hydrogen-bond acceptors (Lipinski definition) is 3. The molecule has 1 aliphatic heterocycles. The van der Waals surface area contributed by atoms with Crippen molar-refractivity contribution in [1.29, 1.82) is 0 Å². The average Bonchev–Trinajstić information content (AvgIpc) is 2.62. The van der Waals surface area contributed by atoms with Gasteiger partial charge in [0.1, 0.15) is 0 Å². The minimum Gasteiger partial charge on any atom is -0.354 e. The fourth-order valence-corrected chi connectivity index (χ4v) is 1.73. The Kier molecular flexibility index (Phi) is 4.06. The van der Waals surface area contributed by atoms with Gasteiger partial charge in [0, 0.05) is 44.5 Å². The van der Waals surface area contributed by atoms with Gasteiger partial charge in [0.05, 0.1) is 0 Å². The smallest absolute Gasteiger partial charge is 0.246 e. The van der Waals surface area contributed by atoms with Crippen LogP contribution in [0, 0.1) is 0 Å². The molecule has 5 heteroatoms. The highest BCUT2D eigenvalue weighted by atomic mass is 16.2. The zero-order valence-electron chi connectivity index (χ0n) is 10.0. The molecule has 0 aliphatic carbocycles. The maximum Gasteiger partial charge on any atom is 0.246 e. The van der Waals surface area contributed by atoms with E-state index in [1.807, 2.05) is 12.1 Å². The van der Waals surface area contributed by atoms with Gasteiger partial charge >= 0.3 is 0 Å². The summed E-state index contributed by atoms with van der Waals surface area (Å²) in [6, 6.07) is 3.70. The molecule has 0 saturated carbocycles. The van der Waals surface area contributed by atoms with Gasteiger partial charge in [-0.25, -0.2) is 0 Å². The molecule has 1 saturated heterocycles. The number of pyridine rings is 1. The Labute approximate surface area is 106 Å². The lowest BCUT2D eigenvalue weighted by Crippen LogP contribution is -2.32. The second kappa shape index (κ2) is 5.95. The normalized spacial score (nSPS) is 16.4. The third-order valence-corrected chi connectivity index (χ3v) is 2.73. The van der Waals surface area contributed by atoms with E-state index < -0.39 is 0 Å². The molecule has 1 N–H and O–H groups in total. The third-order valence-electron chi connectivity index (χ3n) is 2.73. The van der Waals surface area contributed by atoms with Crippen molar-refractivity contribution in [3.63, 3.8) is 0 Å².